The summed E-state index contributed by atoms with van der Waals surface area (Å²) in [5, 5.41) is 18.7. The minimum absolute atomic E-state index is 0.167. The van der Waals surface area contributed by atoms with Crippen molar-refractivity contribution < 1.29 is 38.3 Å². The number of carboxylic acids is 2. The van der Waals surface area contributed by atoms with Crippen molar-refractivity contribution >= 4 is 17.9 Å². The number of methoxy groups -OCH3 is 1. The molecule has 0 saturated carbocycles. The summed E-state index contributed by atoms with van der Waals surface area (Å²) < 4.78 is 15.4. The van der Waals surface area contributed by atoms with Crippen molar-refractivity contribution in [1.29, 1.82) is 0 Å². The van der Waals surface area contributed by atoms with Crippen LogP contribution in [0.2, 0.25) is 0 Å². The van der Waals surface area contributed by atoms with Crippen LogP contribution in [0.4, 0.5) is 0 Å². The number of rotatable bonds is 5. The fourth-order valence-corrected chi connectivity index (χ4v) is 2.66. The molecule has 0 aliphatic carbocycles. The lowest BCUT2D eigenvalue weighted by molar-refractivity contribution is -0.159. The fourth-order valence-electron chi connectivity index (χ4n) is 2.66. The van der Waals surface area contributed by atoms with Gasteiger partial charge in [0.1, 0.15) is 5.76 Å². The molecular weight excluding hydrogens is 414 g/mol. The van der Waals surface area contributed by atoms with Crippen LogP contribution in [0.15, 0.2) is 39.5 Å². The highest BCUT2D eigenvalue weighted by Gasteiger charge is 2.33. The van der Waals surface area contributed by atoms with Crippen LogP contribution in [0.25, 0.3) is 11.6 Å². The number of carbonyl (C=O) groups excluding carboxylic acids is 1. The van der Waals surface area contributed by atoms with Gasteiger partial charge in [0.25, 0.3) is 0 Å². The number of nitrogens with zero attached hydrogens (tertiary/aromatic N) is 5. The summed E-state index contributed by atoms with van der Waals surface area (Å²) in [6.07, 6.45) is 3.27. The summed E-state index contributed by atoms with van der Waals surface area (Å²) in [5.41, 5.74) is 0. The number of aliphatic carboxylic acids is 2. The largest absolute Gasteiger partial charge is 0.473 e. The number of carboxylic acid groups (broad SMARTS) is 2. The molecule has 0 amide bonds. The second kappa shape index (κ2) is 9.58. The number of hydrogen-bond acceptors (Lipinski definition) is 11. The predicted molar refractivity (Wildman–Crippen MR) is 98.7 cm³/mol. The van der Waals surface area contributed by atoms with Crippen molar-refractivity contribution in [2.75, 3.05) is 20.2 Å². The SMILES string of the molecule is COC(=O)c1ccc(CN2CC(c3nc(-c4ncccn4)no3)C2)o1.O=C(O)C(=O)O. The van der Waals surface area contributed by atoms with Gasteiger partial charge in [-0.1, -0.05) is 5.16 Å². The molecule has 3 aromatic heterocycles. The summed E-state index contributed by atoms with van der Waals surface area (Å²) >= 11 is 0. The summed E-state index contributed by atoms with van der Waals surface area (Å²) in [4.78, 5) is 44.3. The quantitative estimate of drug-likeness (QED) is 0.425. The van der Waals surface area contributed by atoms with Crippen molar-refractivity contribution in [2.24, 2.45) is 0 Å². The van der Waals surface area contributed by atoms with E-state index in [9.17, 15) is 4.79 Å². The van der Waals surface area contributed by atoms with E-state index in [1.807, 2.05) is 0 Å². The zero-order chi connectivity index (χ0) is 22.4. The Labute approximate surface area is 174 Å². The second-order valence-electron chi connectivity index (χ2n) is 6.29. The zero-order valence-corrected chi connectivity index (χ0v) is 16.2. The Morgan fingerprint density at radius 1 is 1.13 bits per heavy atom. The van der Waals surface area contributed by atoms with Crippen molar-refractivity contribution in [2.45, 2.75) is 12.5 Å². The van der Waals surface area contributed by atoms with Crippen LogP contribution in [-0.2, 0) is 20.9 Å². The van der Waals surface area contributed by atoms with E-state index >= 15 is 0 Å². The average Bonchev–Trinajstić information content (AvgIpc) is 3.40. The standard InChI is InChI=1S/C16H15N5O4.C2H2O4/c1-23-16(22)12-4-3-11(24-12)9-21-7-10(8-21)15-19-14(20-25-15)13-17-5-2-6-18-13;3-1(4)2(5)6/h2-6,10H,7-9H2,1H3;(H,3,4)(H,5,6). The molecule has 0 bridgehead atoms. The fraction of sp³-hybridized carbons (Fsp3) is 0.278. The first-order chi connectivity index (χ1) is 14.9. The van der Waals surface area contributed by atoms with E-state index in [2.05, 4.69) is 29.7 Å². The van der Waals surface area contributed by atoms with Gasteiger partial charge in [-0.25, -0.2) is 24.4 Å². The van der Waals surface area contributed by atoms with E-state index in [0.29, 0.717) is 29.8 Å². The maximum atomic E-state index is 11.4. The monoisotopic (exact) mass is 431 g/mol. The molecule has 4 heterocycles. The zero-order valence-electron chi connectivity index (χ0n) is 16.2. The number of esters is 1. The van der Waals surface area contributed by atoms with Crippen molar-refractivity contribution in [3.63, 3.8) is 0 Å². The van der Waals surface area contributed by atoms with Crippen LogP contribution in [0.5, 0.6) is 0 Å². The Bertz CT molecular complexity index is 1050. The highest BCUT2D eigenvalue weighted by molar-refractivity contribution is 6.27. The molecule has 2 N–H and O–H groups in total. The van der Waals surface area contributed by atoms with E-state index in [0.717, 1.165) is 13.1 Å². The van der Waals surface area contributed by atoms with Gasteiger partial charge in [0.2, 0.25) is 23.3 Å². The van der Waals surface area contributed by atoms with Gasteiger partial charge in [0.05, 0.1) is 19.6 Å². The first kappa shape index (κ1) is 21.6. The number of aromatic nitrogens is 4. The smallest absolute Gasteiger partial charge is 0.414 e. The summed E-state index contributed by atoms with van der Waals surface area (Å²) in [5.74, 6) is -1.63. The molecule has 0 aromatic carbocycles. The molecule has 0 atom stereocenters. The van der Waals surface area contributed by atoms with Gasteiger partial charge >= 0.3 is 17.9 Å². The second-order valence-corrected chi connectivity index (χ2v) is 6.29. The minimum Gasteiger partial charge on any atom is -0.473 e. The molecular formula is C18H17N5O8. The Morgan fingerprint density at radius 2 is 1.81 bits per heavy atom. The van der Waals surface area contributed by atoms with Gasteiger partial charge in [-0.2, -0.15) is 4.98 Å². The van der Waals surface area contributed by atoms with E-state index in [1.165, 1.54) is 7.11 Å². The lowest BCUT2D eigenvalue weighted by Gasteiger charge is -2.36. The Hall–Kier alpha value is -4.13. The van der Waals surface area contributed by atoms with E-state index < -0.39 is 17.9 Å². The highest BCUT2D eigenvalue weighted by atomic mass is 16.5. The van der Waals surface area contributed by atoms with Gasteiger partial charge in [-0.15, -0.1) is 0 Å². The number of ether oxygens (including phenoxy) is 1. The van der Waals surface area contributed by atoms with Gasteiger partial charge in [0.15, 0.2) is 0 Å². The third-order valence-electron chi connectivity index (χ3n) is 4.12. The maximum Gasteiger partial charge on any atom is 0.414 e. The lowest BCUT2D eigenvalue weighted by Crippen LogP contribution is -2.44. The topological polar surface area (TPSA) is 182 Å². The molecule has 0 unspecified atom stereocenters. The average molecular weight is 431 g/mol. The summed E-state index contributed by atoms with van der Waals surface area (Å²) in [6, 6.07) is 5.12. The van der Waals surface area contributed by atoms with Gasteiger partial charge in [-0.3, -0.25) is 4.90 Å². The van der Waals surface area contributed by atoms with E-state index in [1.54, 1.807) is 30.6 Å². The highest BCUT2D eigenvalue weighted by Crippen LogP contribution is 2.28. The van der Waals surface area contributed by atoms with Gasteiger partial charge in [0, 0.05) is 25.5 Å². The number of carbonyl (C=O) groups is 3. The van der Waals surface area contributed by atoms with Crippen LogP contribution in [0, 0.1) is 0 Å². The van der Waals surface area contributed by atoms with Crippen LogP contribution in [0.1, 0.15) is 28.1 Å². The summed E-state index contributed by atoms with van der Waals surface area (Å²) in [6.45, 7) is 2.15. The summed E-state index contributed by atoms with van der Waals surface area (Å²) in [7, 11) is 1.32. The van der Waals surface area contributed by atoms with Crippen molar-refractivity contribution in [3.05, 3.63) is 48.0 Å². The first-order valence-electron chi connectivity index (χ1n) is 8.84. The van der Waals surface area contributed by atoms with Crippen LogP contribution in [0.3, 0.4) is 0 Å². The Morgan fingerprint density at radius 3 is 2.42 bits per heavy atom. The van der Waals surface area contributed by atoms with Gasteiger partial charge < -0.3 is 23.9 Å². The van der Waals surface area contributed by atoms with E-state index in [-0.39, 0.29) is 11.7 Å². The van der Waals surface area contributed by atoms with Crippen LogP contribution < -0.4 is 0 Å². The number of likely N-dealkylation sites (tertiary alicyclic amines) is 1. The molecule has 3 aromatic rings. The molecule has 13 heteroatoms. The number of hydrogen-bond donors (Lipinski definition) is 2. The Balaban J connectivity index is 0.000000401. The predicted octanol–water partition coefficient (Wildman–Crippen LogP) is 0.661. The maximum absolute atomic E-state index is 11.4. The molecule has 1 fully saturated rings. The molecule has 1 aliphatic heterocycles. The van der Waals surface area contributed by atoms with Gasteiger partial charge in [-0.05, 0) is 18.2 Å². The molecule has 0 spiro atoms. The lowest BCUT2D eigenvalue weighted by atomic mass is 10.00. The first-order valence-corrected chi connectivity index (χ1v) is 8.84. The third kappa shape index (κ3) is 5.48. The van der Waals surface area contributed by atoms with Crippen molar-refractivity contribution in [1.82, 2.24) is 25.0 Å². The molecule has 4 rings (SSSR count). The van der Waals surface area contributed by atoms with Crippen LogP contribution >= 0.6 is 0 Å². The third-order valence-corrected chi connectivity index (χ3v) is 4.12. The molecule has 13 nitrogen and oxygen atoms in total. The van der Waals surface area contributed by atoms with Crippen LogP contribution in [-0.4, -0.2) is 73.3 Å². The molecule has 31 heavy (non-hydrogen) atoms. The number of furan rings is 1. The Kier molecular flexibility index (Phi) is 6.67. The minimum atomic E-state index is -1.82. The molecule has 0 radical (unpaired) electrons. The molecule has 1 saturated heterocycles. The normalized spacial score (nSPS) is 13.6. The molecule has 162 valence electrons. The van der Waals surface area contributed by atoms with Crippen molar-refractivity contribution in [3.8, 4) is 11.6 Å². The molecule has 1 aliphatic rings. The van der Waals surface area contributed by atoms with E-state index in [4.69, 9.17) is 28.7 Å².